The zero-order chi connectivity index (χ0) is 16.0. The molecule has 114 valence electrons. The van der Waals surface area contributed by atoms with E-state index in [0.717, 1.165) is 0 Å². The fraction of sp³-hybridized carbons (Fsp3) is 0.667. The molecule has 0 unspecified atom stereocenters. The standard InChI is InChI=1S/C15H26N2O3/c1-11(18)10-13(20)17-15(5,6)9-7-8-12(19)16-14(2,3)4/h7-8H,9-10H2,1-6H3,(H,16,19)(H,17,20)/b8-7-. The molecule has 0 bridgehead atoms. The summed E-state index contributed by atoms with van der Waals surface area (Å²) in [5.74, 6) is -0.628. The van der Waals surface area contributed by atoms with Crippen LogP contribution in [0.3, 0.4) is 0 Å². The molecule has 20 heavy (non-hydrogen) atoms. The summed E-state index contributed by atoms with van der Waals surface area (Å²) < 4.78 is 0. The van der Waals surface area contributed by atoms with E-state index in [1.165, 1.54) is 13.0 Å². The lowest BCUT2D eigenvalue weighted by Crippen LogP contribution is -2.43. The highest BCUT2D eigenvalue weighted by Crippen LogP contribution is 2.09. The molecular weight excluding hydrogens is 256 g/mol. The van der Waals surface area contributed by atoms with Crippen molar-refractivity contribution in [3.05, 3.63) is 12.2 Å². The van der Waals surface area contributed by atoms with Gasteiger partial charge in [0.25, 0.3) is 0 Å². The third-order valence-electron chi connectivity index (χ3n) is 2.28. The second kappa shape index (κ2) is 7.22. The first-order valence-corrected chi connectivity index (χ1v) is 6.70. The van der Waals surface area contributed by atoms with Crippen LogP contribution in [0.5, 0.6) is 0 Å². The van der Waals surface area contributed by atoms with Gasteiger partial charge in [-0.1, -0.05) is 6.08 Å². The van der Waals surface area contributed by atoms with Crippen molar-refractivity contribution >= 4 is 17.6 Å². The van der Waals surface area contributed by atoms with Gasteiger partial charge in [0.2, 0.25) is 11.8 Å². The molecule has 0 saturated carbocycles. The van der Waals surface area contributed by atoms with Crippen LogP contribution in [0.25, 0.3) is 0 Å². The Hall–Kier alpha value is -1.65. The lowest BCUT2D eigenvalue weighted by atomic mass is 9.99. The monoisotopic (exact) mass is 282 g/mol. The van der Waals surface area contributed by atoms with Gasteiger partial charge in [-0.05, 0) is 54.0 Å². The van der Waals surface area contributed by atoms with Crippen molar-refractivity contribution in [2.45, 2.75) is 65.5 Å². The third-order valence-corrected chi connectivity index (χ3v) is 2.28. The van der Waals surface area contributed by atoms with E-state index < -0.39 is 5.54 Å². The molecule has 0 aliphatic rings. The lowest BCUT2D eigenvalue weighted by molar-refractivity contribution is -0.128. The number of hydrogen-bond donors (Lipinski definition) is 2. The molecule has 0 atom stereocenters. The molecule has 0 radical (unpaired) electrons. The van der Waals surface area contributed by atoms with Gasteiger partial charge in [-0.25, -0.2) is 0 Å². The molecule has 0 saturated heterocycles. The summed E-state index contributed by atoms with van der Waals surface area (Å²) in [5.41, 5.74) is -0.766. The van der Waals surface area contributed by atoms with Crippen LogP contribution >= 0.6 is 0 Å². The molecule has 0 spiro atoms. The average molecular weight is 282 g/mol. The normalized spacial score (nSPS) is 12.3. The number of hydrogen-bond acceptors (Lipinski definition) is 3. The van der Waals surface area contributed by atoms with E-state index in [0.29, 0.717) is 6.42 Å². The van der Waals surface area contributed by atoms with Crippen molar-refractivity contribution in [2.24, 2.45) is 0 Å². The van der Waals surface area contributed by atoms with Crippen LogP contribution in [0, 0.1) is 0 Å². The molecule has 0 rings (SSSR count). The molecule has 2 amide bonds. The average Bonchev–Trinajstić information content (AvgIpc) is 2.10. The van der Waals surface area contributed by atoms with E-state index in [9.17, 15) is 14.4 Å². The number of ketones is 1. The van der Waals surface area contributed by atoms with Gasteiger partial charge in [0.05, 0.1) is 6.42 Å². The second-order valence-corrected chi connectivity index (χ2v) is 6.66. The fourth-order valence-electron chi connectivity index (χ4n) is 1.57. The zero-order valence-corrected chi connectivity index (χ0v) is 13.3. The highest BCUT2D eigenvalue weighted by Gasteiger charge is 2.19. The Bertz CT molecular complexity index is 404. The molecule has 0 heterocycles. The minimum Gasteiger partial charge on any atom is -0.351 e. The highest BCUT2D eigenvalue weighted by atomic mass is 16.2. The first kappa shape index (κ1) is 18.4. The minimum absolute atomic E-state index is 0.113. The van der Waals surface area contributed by atoms with Gasteiger partial charge in [0, 0.05) is 11.1 Å². The molecule has 5 nitrogen and oxygen atoms in total. The van der Waals surface area contributed by atoms with Gasteiger partial charge in [-0.3, -0.25) is 14.4 Å². The third kappa shape index (κ3) is 10.3. The molecule has 0 aromatic carbocycles. The van der Waals surface area contributed by atoms with Gasteiger partial charge in [0.1, 0.15) is 5.78 Å². The molecule has 0 aromatic rings. The van der Waals surface area contributed by atoms with Crippen molar-refractivity contribution in [3.63, 3.8) is 0 Å². The molecule has 5 heteroatoms. The number of rotatable bonds is 6. The van der Waals surface area contributed by atoms with Crippen LogP contribution in [0.15, 0.2) is 12.2 Å². The fourth-order valence-corrected chi connectivity index (χ4v) is 1.57. The summed E-state index contributed by atoms with van der Waals surface area (Å²) in [6, 6.07) is 0. The molecule has 2 N–H and O–H groups in total. The first-order valence-electron chi connectivity index (χ1n) is 6.70. The van der Waals surface area contributed by atoms with Gasteiger partial charge in [-0.2, -0.15) is 0 Å². The smallest absolute Gasteiger partial charge is 0.244 e. The van der Waals surface area contributed by atoms with Crippen LogP contribution in [-0.2, 0) is 14.4 Å². The maximum atomic E-state index is 11.6. The molecule has 0 fully saturated rings. The Morgan fingerprint density at radius 1 is 1.00 bits per heavy atom. The number of carbonyl (C=O) groups excluding carboxylic acids is 3. The predicted octanol–water partition coefficient (Wildman–Crippen LogP) is 1.72. The Labute approximate surface area is 121 Å². The summed E-state index contributed by atoms with van der Waals surface area (Å²) in [5, 5.41) is 5.58. The van der Waals surface area contributed by atoms with E-state index in [2.05, 4.69) is 10.6 Å². The van der Waals surface area contributed by atoms with Crippen LogP contribution in [0.1, 0.15) is 54.4 Å². The van der Waals surface area contributed by atoms with Gasteiger partial charge >= 0.3 is 0 Å². The number of carbonyl (C=O) groups is 3. The minimum atomic E-state index is -0.495. The Balaban J connectivity index is 4.31. The largest absolute Gasteiger partial charge is 0.351 e. The molecule has 0 aromatic heterocycles. The van der Waals surface area contributed by atoms with Crippen molar-refractivity contribution < 1.29 is 14.4 Å². The summed E-state index contributed by atoms with van der Waals surface area (Å²) in [6.45, 7) is 10.8. The van der Waals surface area contributed by atoms with E-state index >= 15 is 0 Å². The molecular formula is C15H26N2O3. The topological polar surface area (TPSA) is 75.3 Å². The summed E-state index contributed by atoms with van der Waals surface area (Å²) in [7, 11) is 0. The lowest BCUT2D eigenvalue weighted by Gasteiger charge is -2.24. The maximum Gasteiger partial charge on any atom is 0.244 e. The van der Waals surface area contributed by atoms with Crippen molar-refractivity contribution in [3.8, 4) is 0 Å². The summed E-state index contributed by atoms with van der Waals surface area (Å²) >= 11 is 0. The van der Waals surface area contributed by atoms with Crippen molar-refractivity contribution in [1.29, 1.82) is 0 Å². The Morgan fingerprint density at radius 3 is 2.00 bits per heavy atom. The highest BCUT2D eigenvalue weighted by molar-refractivity contribution is 5.97. The van der Waals surface area contributed by atoms with Crippen LogP contribution in [0.4, 0.5) is 0 Å². The van der Waals surface area contributed by atoms with E-state index in [4.69, 9.17) is 0 Å². The SMILES string of the molecule is CC(=O)CC(=O)NC(C)(C)C/C=C\C(=O)NC(C)(C)C. The zero-order valence-electron chi connectivity index (χ0n) is 13.3. The first-order chi connectivity index (χ1) is 8.91. The maximum absolute atomic E-state index is 11.6. The van der Waals surface area contributed by atoms with Crippen molar-refractivity contribution in [1.82, 2.24) is 10.6 Å². The van der Waals surface area contributed by atoms with E-state index in [-0.39, 0.29) is 29.6 Å². The van der Waals surface area contributed by atoms with Gasteiger partial charge in [0.15, 0.2) is 0 Å². The van der Waals surface area contributed by atoms with Crippen LogP contribution in [0.2, 0.25) is 0 Å². The number of amides is 2. The molecule has 0 aliphatic carbocycles. The summed E-state index contributed by atoms with van der Waals surface area (Å²) in [4.78, 5) is 33.9. The van der Waals surface area contributed by atoms with E-state index in [1.807, 2.05) is 34.6 Å². The van der Waals surface area contributed by atoms with E-state index in [1.54, 1.807) is 6.08 Å². The molecule has 0 aliphatic heterocycles. The second-order valence-electron chi connectivity index (χ2n) is 6.66. The van der Waals surface area contributed by atoms with Gasteiger partial charge < -0.3 is 10.6 Å². The summed E-state index contributed by atoms with van der Waals surface area (Å²) in [6.07, 6.45) is 3.57. The number of nitrogens with one attached hydrogen (secondary N) is 2. The van der Waals surface area contributed by atoms with Gasteiger partial charge in [-0.15, -0.1) is 0 Å². The quantitative estimate of drug-likeness (QED) is 0.575. The van der Waals surface area contributed by atoms with Crippen molar-refractivity contribution in [2.75, 3.05) is 0 Å². The number of Topliss-reactive ketones (excluding diaryl/α,β-unsaturated/α-hetero) is 1. The van der Waals surface area contributed by atoms with Crippen LogP contribution in [-0.4, -0.2) is 28.7 Å². The Morgan fingerprint density at radius 2 is 1.55 bits per heavy atom. The Kier molecular flexibility index (Phi) is 6.62. The van der Waals surface area contributed by atoms with Crippen LogP contribution < -0.4 is 10.6 Å². The predicted molar refractivity (Wildman–Crippen MR) is 79.2 cm³/mol.